The Hall–Kier alpha value is -4.31. The molecule has 37 heavy (non-hydrogen) atoms. The molecule has 188 valence electrons. The number of Topliss-reactive ketones (excluding diaryl/α,β-unsaturated/α-hetero) is 1. The quantitative estimate of drug-likeness (QED) is 0.192. The number of carbonyl (C=O) groups excluding carboxylic acids is 2. The van der Waals surface area contributed by atoms with E-state index >= 15 is 0 Å². The standard InChI is InChI=1S/C27H20F2N2O5S/c1-2-10-36-18-5-3-4-15(11-18)24(33)21-23(14-6-8-17(32)9-7-14)31(26(35)25(21)34)27-30-22-19(29)12-16(28)13-20(22)37-27/h3-9,11-13,23,32-33H,2,10H2,1H3/b24-21+. The second kappa shape index (κ2) is 9.62. The number of aliphatic hydroxyl groups is 1. The maximum absolute atomic E-state index is 14.4. The van der Waals surface area contributed by atoms with E-state index in [-0.39, 0.29) is 32.2 Å². The smallest absolute Gasteiger partial charge is 0.301 e. The predicted octanol–water partition coefficient (Wildman–Crippen LogP) is 5.70. The van der Waals surface area contributed by atoms with Crippen molar-refractivity contribution in [2.75, 3.05) is 11.5 Å². The molecule has 0 bridgehead atoms. The molecule has 1 aliphatic rings. The van der Waals surface area contributed by atoms with Gasteiger partial charge in [-0.25, -0.2) is 13.8 Å². The molecule has 1 aromatic heterocycles. The fourth-order valence-corrected chi connectivity index (χ4v) is 5.19. The van der Waals surface area contributed by atoms with Gasteiger partial charge < -0.3 is 14.9 Å². The zero-order valence-corrected chi connectivity index (χ0v) is 20.3. The Morgan fingerprint density at radius 2 is 1.86 bits per heavy atom. The van der Waals surface area contributed by atoms with E-state index in [1.54, 1.807) is 24.3 Å². The third-order valence-electron chi connectivity index (χ3n) is 5.84. The lowest BCUT2D eigenvalue weighted by molar-refractivity contribution is -0.132. The molecule has 0 spiro atoms. The van der Waals surface area contributed by atoms with Crippen LogP contribution in [-0.2, 0) is 9.59 Å². The average Bonchev–Trinajstić information content (AvgIpc) is 3.41. The number of fused-ring (bicyclic) bond motifs is 1. The van der Waals surface area contributed by atoms with Gasteiger partial charge >= 0.3 is 5.91 Å². The molecule has 5 rings (SSSR count). The van der Waals surface area contributed by atoms with E-state index in [1.165, 1.54) is 24.3 Å². The Balaban J connectivity index is 1.69. The number of carbonyl (C=O) groups is 2. The topological polar surface area (TPSA) is 100.0 Å². The lowest BCUT2D eigenvalue weighted by Gasteiger charge is -2.23. The van der Waals surface area contributed by atoms with Crippen molar-refractivity contribution in [1.82, 2.24) is 4.98 Å². The second-order valence-corrected chi connectivity index (χ2v) is 9.38. The number of halogens is 2. The van der Waals surface area contributed by atoms with Crippen molar-refractivity contribution < 1.29 is 33.3 Å². The molecule has 0 radical (unpaired) electrons. The normalized spacial score (nSPS) is 17.1. The monoisotopic (exact) mass is 522 g/mol. The van der Waals surface area contributed by atoms with E-state index in [9.17, 15) is 28.6 Å². The van der Waals surface area contributed by atoms with Gasteiger partial charge in [0.2, 0.25) is 0 Å². The van der Waals surface area contributed by atoms with Crippen molar-refractivity contribution >= 4 is 44.1 Å². The van der Waals surface area contributed by atoms with Crippen molar-refractivity contribution in [3.63, 3.8) is 0 Å². The van der Waals surface area contributed by atoms with Gasteiger partial charge in [-0.1, -0.05) is 42.5 Å². The molecule has 7 nitrogen and oxygen atoms in total. The summed E-state index contributed by atoms with van der Waals surface area (Å²) in [5, 5.41) is 21.0. The number of anilines is 1. The summed E-state index contributed by atoms with van der Waals surface area (Å²) in [6.07, 6.45) is 0.773. The minimum absolute atomic E-state index is 0.0426. The van der Waals surface area contributed by atoms with Gasteiger partial charge in [-0.05, 0) is 42.3 Å². The van der Waals surface area contributed by atoms with Crippen LogP contribution in [0.15, 0.2) is 66.2 Å². The molecule has 0 aliphatic carbocycles. The van der Waals surface area contributed by atoms with Crippen molar-refractivity contribution in [3.05, 3.63) is 89.0 Å². The molecule has 3 aromatic carbocycles. The summed E-state index contributed by atoms with van der Waals surface area (Å²) in [6, 6.07) is 12.9. The number of aliphatic hydroxyl groups excluding tert-OH is 1. The lowest BCUT2D eigenvalue weighted by atomic mass is 9.95. The van der Waals surface area contributed by atoms with E-state index in [4.69, 9.17) is 4.74 Å². The van der Waals surface area contributed by atoms with Gasteiger partial charge in [0.05, 0.1) is 22.9 Å². The number of phenolic OH excluding ortho intramolecular Hbond substituents is 1. The van der Waals surface area contributed by atoms with Crippen LogP contribution in [0.25, 0.3) is 16.0 Å². The van der Waals surface area contributed by atoms with Crippen LogP contribution in [-0.4, -0.2) is 33.5 Å². The summed E-state index contributed by atoms with van der Waals surface area (Å²) in [5.74, 6) is -3.66. The number of ether oxygens (including phenoxy) is 1. The lowest BCUT2D eigenvalue weighted by Crippen LogP contribution is -2.29. The Kier molecular flexibility index (Phi) is 6.34. The molecule has 2 heterocycles. The summed E-state index contributed by atoms with van der Waals surface area (Å²) in [7, 11) is 0. The van der Waals surface area contributed by atoms with Crippen LogP contribution in [0.5, 0.6) is 11.5 Å². The minimum Gasteiger partial charge on any atom is -0.508 e. The first-order chi connectivity index (χ1) is 17.8. The second-order valence-electron chi connectivity index (χ2n) is 8.37. The zero-order chi connectivity index (χ0) is 26.3. The van der Waals surface area contributed by atoms with Crippen molar-refractivity contribution in [1.29, 1.82) is 0 Å². The van der Waals surface area contributed by atoms with Crippen LogP contribution >= 0.6 is 11.3 Å². The predicted molar refractivity (Wildman–Crippen MR) is 135 cm³/mol. The van der Waals surface area contributed by atoms with Crippen LogP contribution in [0.3, 0.4) is 0 Å². The number of aromatic hydroxyl groups is 1. The molecular formula is C27H20F2N2O5S. The molecule has 1 amide bonds. The van der Waals surface area contributed by atoms with Gasteiger partial charge in [-0.15, -0.1) is 0 Å². The Morgan fingerprint density at radius 3 is 2.59 bits per heavy atom. The maximum atomic E-state index is 14.4. The Morgan fingerprint density at radius 1 is 1.11 bits per heavy atom. The summed E-state index contributed by atoms with van der Waals surface area (Å²) < 4.78 is 34.0. The van der Waals surface area contributed by atoms with Crippen LogP contribution in [0, 0.1) is 11.6 Å². The van der Waals surface area contributed by atoms with Gasteiger partial charge in [0.1, 0.15) is 28.6 Å². The van der Waals surface area contributed by atoms with Gasteiger partial charge in [-0.3, -0.25) is 14.5 Å². The fraction of sp³-hybridized carbons (Fsp3) is 0.148. The number of amides is 1. The third-order valence-corrected chi connectivity index (χ3v) is 6.84. The Labute approximate surface area is 213 Å². The van der Waals surface area contributed by atoms with Gasteiger partial charge in [0.25, 0.3) is 5.78 Å². The highest BCUT2D eigenvalue weighted by Crippen LogP contribution is 2.45. The van der Waals surface area contributed by atoms with Gasteiger partial charge in [0.15, 0.2) is 10.9 Å². The highest BCUT2D eigenvalue weighted by atomic mass is 32.1. The summed E-state index contributed by atoms with van der Waals surface area (Å²) >= 11 is 0.839. The van der Waals surface area contributed by atoms with Crippen molar-refractivity contribution in [2.45, 2.75) is 19.4 Å². The number of ketones is 1. The summed E-state index contributed by atoms with van der Waals surface area (Å²) in [5.41, 5.74) is 0.290. The number of benzene rings is 3. The minimum atomic E-state index is -1.14. The van der Waals surface area contributed by atoms with Crippen molar-refractivity contribution in [3.8, 4) is 11.5 Å². The Bertz CT molecular complexity index is 1570. The molecule has 1 unspecified atom stereocenters. The van der Waals surface area contributed by atoms with Crippen LogP contribution < -0.4 is 9.64 Å². The van der Waals surface area contributed by atoms with Gasteiger partial charge in [-0.2, -0.15) is 0 Å². The summed E-state index contributed by atoms with van der Waals surface area (Å²) in [6.45, 7) is 2.40. The average molecular weight is 523 g/mol. The molecule has 0 saturated carbocycles. The van der Waals surface area contributed by atoms with Gasteiger partial charge in [0, 0.05) is 11.6 Å². The van der Waals surface area contributed by atoms with E-state index in [2.05, 4.69) is 4.98 Å². The number of phenols is 1. The number of thiazole rings is 1. The molecule has 10 heteroatoms. The molecule has 1 atom stereocenters. The molecule has 1 saturated heterocycles. The number of nitrogens with zero attached hydrogens (tertiary/aromatic N) is 2. The first kappa shape index (κ1) is 24.4. The molecule has 2 N–H and O–H groups in total. The molecular weight excluding hydrogens is 502 g/mol. The fourth-order valence-electron chi connectivity index (χ4n) is 4.16. The largest absolute Gasteiger partial charge is 0.508 e. The van der Waals surface area contributed by atoms with E-state index < -0.39 is 35.1 Å². The van der Waals surface area contributed by atoms with E-state index in [1.807, 2.05) is 6.92 Å². The van der Waals surface area contributed by atoms with E-state index in [0.717, 1.165) is 28.7 Å². The first-order valence-corrected chi connectivity index (χ1v) is 12.2. The molecule has 4 aromatic rings. The van der Waals surface area contributed by atoms with E-state index in [0.29, 0.717) is 24.0 Å². The number of rotatable bonds is 6. The van der Waals surface area contributed by atoms with Crippen LogP contribution in [0.4, 0.5) is 13.9 Å². The highest BCUT2D eigenvalue weighted by Gasteiger charge is 2.48. The highest BCUT2D eigenvalue weighted by molar-refractivity contribution is 7.22. The molecule has 1 fully saturated rings. The first-order valence-electron chi connectivity index (χ1n) is 11.4. The molecule has 1 aliphatic heterocycles. The van der Waals surface area contributed by atoms with Crippen LogP contribution in [0.2, 0.25) is 0 Å². The number of aromatic nitrogens is 1. The zero-order valence-electron chi connectivity index (χ0n) is 19.4. The van der Waals surface area contributed by atoms with Crippen molar-refractivity contribution in [2.24, 2.45) is 0 Å². The maximum Gasteiger partial charge on any atom is 0.301 e. The summed E-state index contributed by atoms with van der Waals surface area (Å²) in [4.78, 5) is 31.8. The number of hydrogen-bond donors (Lipinski definition) is 2. The third kappa shape index (κ3) is 4.40. The van der Waals surface area contributed by atoms with Crippen LogP contribution in [0.1, 0.15) is 30.5 Å². The SMILES string of the molecule is CCCOc1cccc(/C(O)=C2\C(=O)C(=O)N(c3nc4c(F)cc(F)cc4s3)C2c2ccc(O)cc2)c1. The number of hydrogen-bond acceptors (Lipinski definition) is 7.